The second-order valence-corrected chi connectivity index (χ2v) is 3.73. The molecule has 1 aliphatic heterocycles. The summed E-state index contributed by atoms with van der Waals surface area (Å²) in [5, 5.41) is 0. The minimum absolute atomic E-state index is 0.151. The molecule has 0 unspecified atom stereocenters. The summed E-state index contributed by atoms with van der Waals surface area (Å²) in [6, 6.07) is 3.90. The number of nitrogens with zero attached hydrogens (tertiary/aromatic N) is 1. The van der Waals surface area contributed by atoms with Crippen LogP contribution in [-0.2, 0) is 6.54 Å². The molecular weight excluding hydrogens is 176 g/mol. The molecule has 0 aliphatic carbocycles. The molecular formula is C11H14N2O. The number of benzene rings is 1. The molecule has 2 N–H and O–H groups in total. The first-order valence-electron chi connectivity index (χ1n) is 4.75. The highest BCUT2D eigenvalue weighted by Gasteiger charge is 2.11. The lowest BCUT2D eigenvalue weighted by Gasteiger charge is -2.13. The van der Waals surface area contributed by atoms with Crippen molar-refractivity contribution in [2.24, 2.45) is 4.99 Å². The van der Waals surface area contributed by atoms with E-state index in [1.54, 1.807) is 0 Å². The van der Waals surface area contributed by atoms with Gasteiger partial charge >= 0.3 is 0 Å². The molecule has 1 heterocycles. The van der Waals surface area contributed by atoms with Gasteiger partial charge in [-0.2, -0.15) is 0 Å². The fourth-order valence-corrected chi connectivity index (χ4v) is 1.51. The molecule has 74 valence electrons. The van der Waals surface area contributed by atoms with Crippen LogP contribution in [0.3, 0.4) is 0 Å². The molecule has 14 heavy (non-hydrogen) atoms. The Balaban J connectivity index is 2.35. The average Bonchev–Trinajstić information content (AvgIpc) is 2.51. The highest BCUT2D eigenvalue weighted by Crippen LogP contribution is 2.28. The van der Waals surface area contributed by atoms with Crippen LogP contribution >= 0.6 is 0 Å². The van der Waals surface area contributed by atoms with Crippen LogP contribution in [0.15, 0.2) is 17.1 Å². The molecule has 0 atom stereocenters. The highest BCUT2D eigenvalue weighted by atomic mass is 16.5. The zero-order valence-electron chi connectivity index (χ0n) is 8.45. The second-order valence-electron chi connectivity index (χ2n) is 3.73. The summed E-state index contributed by atoms with van der Waals surface area (Å²) in [4.78, 5) is 4.18. The van der Waals surface area contributed by atoms with Gasteiger partial charge in [0.15, 0.2) is 0 Å². The van der Waals surface area contributed by atoms with Crippen LogP contribution in [0.25, 0.3) is 0 Å². The molecule has 1 aliphatic rings. The summed E-state index contributed by atoms with van der Waals surface area (Å²) >= 11 is 0. The van der Waals surface area contributed by atoms with Crippen molar-refractivity contribution in [1.82, 2.24) is 0 Å². The molecule has 0 radical (unpaired) electrons. The number of anilines is 1. The summed E-state index contributed by atoms with van der Waals surface area (Å²) in [6.07, 6.45) is 2.00. The molecule has 0 bridgehead atoms. The molecule has 0 fully saturated rings. The van der Waals surface area contributed by atoms with E-state index in [-0.39, 0.29) is 6.10 Å². The van der Waals surface area contributed by atoms with Gasteiger partial charge in [-0.15, -0.1) is 0 Å². The van der Waals surface area contributed by atoms with Gasteiger partial charge < -0.3 is 10.5 Å². The maximum absolute atomic E-state index is 5.86. The van der Waals surface area contributed by atoms with E-state index in [0.717, 1.165) is 17.9 Å². The lowest BCUT2D eigenvalue weighted by molar-refractivity contribution is 0.243. The Morgan fingerprint density at radius 2 is 2.21 bits per heavy atom. The van der Waals surface area contributed by atoms with Gasteiger partial charge in [0.25, 0.3) is 0 Å². The summed E-state index contributed by atoms with van der Waals surface area (Å²) in [7, 11) is 0. The normalized spacial score (nSPS) is 13.4. The quantitative estimate of drug-likeness (QED) is 0.725. The number of rotatable bonds is 2. The van der Waals surface area contributed by atoms with Crippen LogP contribution in [0.1, 0.15) is 25.0 Å². The maximum atomic E-state index is 5.86. The summed E-state index contributed by atoms with van der Waals surface area (Å²) in [5.74, 6) is 0.768. The molecule has 2 rings (SSSR count). The van der Waals surface area contributed by atoms with Crippen LogP contribution in [0.4, 0.5) is 5.69 Å². The molecule has 1 aromatic carbocycles. The number of fused-ring (bicyclic) bond motifs is 1. The largest absolute Gasteiger partial charge is 0.489 e. The topological polar surface area (TPSA) is 47.6 Å². The Kier molecular flexibility index (Phi) is 2.15. The van der Waals surface area contributed by atoms with Crippen LogP contribution in [0.2, 0.25) is 0 Å². The van der Waals surface area contributed by atoms with E-state index in [1.165, 1.54) is 5.56 Å². The number of hydrogen-bond donors (Lipinski definition) is 1. The third-order valence-electron chi connectivity index (χ3n) is 2.13. The predicted molar refractivity (Wildman–Crippen MR) is 57.9 cm³/mol. The van der Waals surface area contributed by atoms with Crippen molar-refractivity contribution in [3.8, 4) is 5.75 Å². The molecule has 0 saturated carbocycles. The van der Waals surface area contributed by atoms with E-state index in [4.69, 9.17) is 10.5 Å². The summed E-state index contributed by atoms with van der Waals surface area (Å²) in [6.45, 7) is 4.72. The van der Waals surface area contributed by atoms with Crippen molar-refractivity contribution >= 4 is 11.9 Å². The van der Waals surface area contributed by atoms with E-state index < -0.39 is 0 Å². The summed E-state index contributed by atoms with van der Waals surface area (Å²) < 4.78 is 5.59. The van der Waals surface area contributed by atoms with Crippen LogP contribution < -0.4 is 10.5 Å². The lowest BCUT2D eigenvalue weighted by Crippen LogP contribution is -2.08. The molecule has 0 saturated heterocycles. The molecule has 0 aromatic heterocycles. The zero-order valence-corrected chi connectivity index (χ0v) is 8.45. The predicted octanol–water partition coefficient (Wildman–Crippen LogP) is 1.99. The number of aliphatic imine (C=N–C) groups is 1. The minimum atomic E-state index is 0.151. The fourth-order valence-electron chi connectivity index (χ4n) is 1.51. The van der Waals surface area contributed by atoms with Gasteiger partial charge in [-0.1, -0.05) is 0 Å². The van der Waals surface area contributed by atoms with Gasteiger partial charge in [0.1, 0.15) is 5.75 Å². The Bertz CT molecular complexity index is 383. The number of ether oxygens (including phenoxy) is 1. The van der Waals surface area contributed by atoms with Crippen molar-refractivity contribution in [2.45, 2.75) is 26.5 Å². The molecule has 1 aromatic rings. The Morgan fingerprint density at radius 1 is 1.43 bits per heavy atom. The monoisotopic (exact) mass is 190 g/mol. The first-order valence-corrected chi connectivity index (χ1v) is 4.75. The first kappa shape index (κ1) is 9.06. The van der Waals surface area contributed by atoms with Gasteiger partial charge in [-0.05, 0) is 37.1 Å². The Hall–Kier alpha value is -1.51. The Labute approximate surface area is 83.6 Å². The van der Waals surface area contributed by atoms with Crippen LogP contribution in [0.5, 0.6) is 5.75 Å². The first-order chi connectivity index (χ1) is 6.66. The standard InChI is InChI=1S/C11H14N2O/c1-7(2)14-11-4-9-6-13-5-8(9)3-10(11)12/h3-5,7H,6,12H2,1-2H3. The van der Waals surface area contributed by atoms with Crippen molar-refractivity contribution in [3.05, 3.63) is 23.3 Å². The van der Waals surface area contributed by atoms with Crippen molar-refractivity contribution in [2.75, 3.05) is 5.73 Å². The number of nitrogens with two attached hydrogens (primary N) is 1. The Morgan fingerprint density at radius 3 is 2.93 bits per heavy atom. The van der Waals surface area contributed by atoms with Gasteiger partial charge in [0.05, 0.1) is 18.3 Å². The SMILES string of the molecule is CC(C)Oc1cc2c(cc1N)C=NC2. The lowest BCUT2D eigenvalue weighted by atomic mass is 10.1. The average molecular weight is 190 g/mol. The van der Waals surface area contributed by atoms with E-state index in [1.807, 2.05) is 32.2 Å². The zero-order chi connectivity index (χ0) is 10.1. The minimum Gasteiger partial charge on any atom is -0.489 e. The summed E-state index contributed by atoms with van der Waals surface area (Å²) in [5.41, 5.74) is 8.84. The van der Waals surface area contributed by atoms with Crippen molar-refractivity contribution in [1.29, 1.82) is 0 Å². The van der Waals surface area contributed by atoms with Crippen molar-refractivity contribution < 1.29 is 4.74 Å². The van der Waals surface area contributed by atoms with Gasteiger partial charge in [-0.3, -0.25) is 4.99 Å². The number of hydrogen-bond acceptors (Lipinski definition) is 3. The van der Waals surface area contributed by atoms with Gasteiger partial charge in [0.2, 0.25) is 0 Å². The third-order valence-corrected chi connectivity index (χ3v) is 2.13. The maximum Gasteiger partial charge on any atom is 0.142 e. The van der Waals surface area contributed by atoms with Gasteiger partial charge in [-0.25, -0.2) is 0 Å². The molecule has 0 amide bonds. The van der Waals surface area contributed by atoms with E-state index in [9.17, 15) is 0 Å². The van der Waals surface area contributed by atoms with Gasteiger partial charge in [0, 0.05) is 6.21 Å². The van der Waals surface area contributed by atoms with Crippen LogP contribution in [0, 0.1) is 0 Å². The molecule has 3 heteroatoms. The second kappa shape index (κ2) is 3.33. The van der Waals surface area contributed by atoms with Crippen molar-refractivity contribution in [3.63, 3.8) is 0 Å². The third kappa shape index (κ3) is 1.58. The van der Waals surface area contributed by atoms with E-state index in [0.29, 0.717) is 5.69 Å². The smallest absolute Gasteiger partial charge is 0.142 e. The van der Waals surface area contributed by atoms with E-state index >= 15 is 0 Å². The number of nitrogen functional groups attached to an aromatic ring is 1. The molecule has 3 nitrogen and oxygen atoms in total. The fraction of sp³-hybridized carbons (Fsp3) is 0.364. The van der Waals surface area contributed by atoms with E-state index in [2.05, 4.69) is 4.99 Å². The van der Waals surface area contributed by atoms with Crippen LogP contribution in [-0.4, -0.2) is 12.3 Å². The highest BCUT2D eigenvalue weighted by molar-refractivity contribution is 5.86. The molecule has 0 spiro atoms.